The Bertz CT molecular complexity index is 747. The third-order valence-corrected chi connectivity index (χ3v) is 4.21. The van der Waals surface area contributed by atoms with Gasteiger partial charge < -0.3 is 10.2 Å². The van der Waals surface area contributed by atoms with E-state index in [9.17, 15) is 9.59 Å². The predicted octanol–water partition coefficient (Wildman–Crippen LogP) is 3.99. The van der Waals surface area contributed by atoms with Crippen LogP contribution in [0.3, 0.4) is 0 Å². The van der Waals surface area contributed by atoms with Crippen LogP contribution >= 0.6 is 23.2 Å². The molecule has 1 aliphatic heterocycles. The van der Waals surface area contributed by atoms with Crippen molar-refractivity contribution >= 4 is 46.4 Å². The third-order valence-electron chi connectivity index (χ3n) is 3.73. The molecule has 1 saturated heterocycles. The van der Waals surface area contributed by atoms with Crippen LogP contribution in [-0.4, -0.2) is 18.4 Å². The summed E-state index contributed by atoms with van der Waals surface area (Å²) in [6.07, 6.45) is 0.190. The van der Waals surface area contributed by atoms with Crippen LogP contribution in [0.15, 0.2) is 48.5 Å². The second-order valence-electron chi connectivity index (χ2n) is 5.38. The number of anilines is 2. The number of carbonyl (C=O) groups excluding carboxylic acids is 2. The second-order valence-corrected chi connectivity index (χ2v) is 6.25. The molecule has 1 heterocycles. The van der Waals surface area contributed by atoms with E-state index in [2.05, 4.69) is 5.32 Å². The highest BCUT2D eigenvalue weighted by Crippen LogP contribution is 2.27. The lowest BCUT2D eigenvalue weighted by molar-refractivity contribution is -0.122. The van der Waals surface area contributed by atoms with Crippen LogP contribution in [-0.2, 0) is 9.59 Å². The summed E-state index contributed by atoms with van der Waals surface area (Å²) in [5, 5.41) is 3.96. The molecule has 0 spiro atoms. The van der Waals surface area contributed by atoms with Gasteiger partial charge in [-0.15, -0.1) is 0 Å². The van der Waals surface area contributed by atoms with E-state index in [0.29, 0.717) is 22.3 Å². The standard InChI is InChI=1S/C17H14Cl2N2O2/c18-12-4-6-15(7-5-12)21-10-11(8-16(21)22)17(23)20-14-3-1-2-13(19)9-14/h1-7,9,11H,8,10H2,(H,20,23)/t11-/m1/s1. The zero-order valence-corrected chi connectivity index (χ0v) is 13.6. The van der Waals surface area contributed by atoms with Crippen molar-refractivity contribution in [3.8, 4) is 0 Å². The smallest absolute Gasteiger partial charge is 0.229 e. The van der Waals surface area contributed by atoms with Crippen molar-refractivity contribution in [1.82, 2.24) is 0 Å². The molecule has 0 saturated carbocycles. The molecule has 3 rings (SSSR count). The summed E-state index contributed by atoms with van der Waals surface area (Å²) in [5.74, 6) is -0.646. The maximum atomic E-state index is 12.3. The molecule has 0 bridgehead atoms. The molecular weight excluding hydrogens is 335 g/mol. The minimum atomic E-state index is -0.392. The summed E-state index contributed by atoms with van der Waals surface area (Å²) >= 11 is 11.8. The predicted molar refractivity (Wildman–Crippen MR) is 92.0 cm³/mol. The van der Waals surface area contributed by atoms with Crippen LogP contribution in [0.4, 0.5) is 11.4 Å². The van der Waals surface area contributed by atoms with Crippen molar-refractivity contribution in [2.45, 2.75) is 6.42 Å². The van der Waals surface area contributed by atoms with Crippen molar-refractivity contribution in [3.63, 3.8) is 0 Å². The fourth-order valence-corrected chi connectivity index (χ4v) is 2.88. The number of nitrogens with zero attached hydrogens (tertiary/aromatic N) is 1. The Morgan fingerprint density at radius 2 is 1.83 bits per heavy atom. The Morgan fingerprint density at radius 3 is 2.52 bits per heavy atom. The third kappa shape index (κ3) is 3.66. The molecule has 1 fully saturated rings. The molecule has 0 unspecified atom stereocenters. The first-order chi connectivity index (χ1) is 11.0. The van der Waals surface area contributed by atoms with Crippen LogP contribution in [0.5, 0.6) is 0 Å². The van der Waals surface area contributed by atoms with Crippen molar-refractivity contribution < 1.29 is 9.59 Å². The topological polar surface area (TPSA) is 49.4 Å². The van der Waals surface area contributed by atoms with Gasteiger partial charge in [0.05, 0.1) is 5.92 Å². The molecule has 23 heavy (non-hydrogen) atoms. The molecule has 2 amide bonds. The van der Waals surface area contributed by atoms with Crippen molar-refractivity contribution in [3.05, 3.63) is 58.6 Å². The zero-order chi connectivity index (χ0) is 16.4. The average molecular weight is 349 g/mol. The van der Waals surface area contributed by atoms with Crippen molar-refractivity contribution in [2.75, 3.05) is 16.8 Å². The lowest BCUT2D eigenvalue weighted by Gasteiger charge is -2.16. The molecule has 4 nitrogen and oxygen atoms in total. The van der Waals surface area contributed by atoms with Gasteiger partial charge in [-0.3, -0.25) is 9.59 Å². The number of hydrogen-bond acceptors (Lipinski definition) is 2. The molecule has 1 aliphatic rings. The van der Waals surface area contributed by atoms with E-state index in [0.717, 1.165) is 5.69 Å². The van der Waals surface area contributed by atoms with E-state index in [4.69, 9.17) is 23.2 Å². The first-order valence-electron chi connectivity index (χ1n) is 7.15. The summed E-state index contributed by atoms with van der Waals surface area (Å²) in [5.41, 5.74) is 1.37. The minimum absolute atomic E-state index is 0.0708. The number of hydrogen-bond donors (Lipinski definition) is 1. The number of rotatable bonds is 3. The second kappa shape index (κ2) is 6.60. The Kier molecular flexibility index (Phi) is 4.55. The van der Waals surface area contributed by atoms with E-state index in [-0.39, 0.29) is 18.2 Å². The van der Waals surface area contributed by atoms with Gasteiger partial charge >= 0.3 is 0 Å². The Morgan fingerprint density at radius 1 is 1.09 bits per heavy atom. The van der Waals surface area contributed by atoms with Crippen molar-refractivity contribution in [2.24, 2.45) is 5.92 Å². The van der Waals surface area contributed by atoms with E-state index in [1.54, 1.807) is 53.4 Å². The summed E-state index contributed by atoms with van der Waals surface area (Å²) in [4.78, 5) is 26.1. The van der Waals surface area contributed by atoms with Crippen LogP contribution in [0.1, 0.15) is 6.42 Å². The van der Waals surface area contributed by atoms with Gasteiger partial charge in [0.15, 0.2) is 0 Å². The monoisotopic (exact) mass is 348 g/mol. The lowest BCUT2D eigenvalue weighted by Crippen LogP contribution is -2.28. The van der Waals surface area contributed by atoms with Crippen molar-refractivity contribution in [1.29, 1.82) is 0 Å². The highest BCUT2D eigenvalue weighted by atomic mass is 35.5. The Balaban J connectivity index is 1.69. The average Bonchev–Trinajstić information content (AvgIpc) is 2.90. The summed E-state index contributed by atoms with van der Waals surface area (Å²) < 4.78 is 0. The first kappa shape index (κ1) is 15.8. The molecule has 1 N–H and O–H groups in total. The maximum Gasteiger partial charge on any atom is 0.229 e. The number of nitrogens with one attached hydrogen (secondary N) is 1. The molecule has 0 radical (unpaired) electrons. The fourth-order valence-electron chi connectivity index (χ4n) is 2.56. The van der Waals surface area contributed by atoms with Gasteiger partial charge in [-0.2, -0.15) is 0 Å². The molecule has 118 valence electrons. The normalized spacial score (nSPS) is 17.4. The van der Waals surface area contributed by atoms with Gasteiger partial charge in [0, 0.05) is 34.4 Å². The largest absolute Gasteiger partial charge is 0.326 e. The first-order valence-corrected chi connectivity index (χ1v) is 7.91. The van der Waals surface area contributed by atoms with Gasteiger partial charge in [0.1, 0.15) is 0 Å². The molecule has 2 aromatic rings. The highest BCUT2D eigenvalue weighted by Gasteiger charge is 2.35. The minimum Gasteiger partial charge on any atom is -0.326 e. The van der Waals surface area contributed by atoms with E-state index >= 15 is 0 Å². The Hall–Kier alpha value is -2.04. The van der Waals surface area contributed by atoms with E-state index in [1.165, 1.54) is 0 Å². The molecule has 2 aromatic carbocycles. The summed E-state index contributed by atoms with van der Waals surface area (Å²) in [6.45, 7) is 0.354. The molecular formula is C17H14Cl2N2O2. The number of halogens is 2. The summed E-state index contributed by atoms with van der Waals surface area (Å²) in [7, 11) is 0. The highest BCUT2D eigenvalue weighted by molar-refractivity contribution is 6.31. The molecule has 0 aliphatic carbocycles. The van der Waals surface area contributed by atoms with Gasteiger partial charge in [-0.1, -0.05) is 29.3 Å². The fraction of sp³-hybridized carbons (Fsp3) is 0.176. The van der Waals surface area contributed by atoms with Crippen LogP contribution in [0.2, 0.25) is 10.0 Å². The van der Waals surface area contributed by atoms with Gasteiger partial charge in [0.2, 0.25) is 11.8 Å². The Labute approximate surface area is 144 Å². The molecule has 6 heteroatoms. The van der Waals surface area contributed by atoms with E-state index < -0.39 is 5.92 Å². The van der Waals surface area contributed by atoms with E-state index in [1.807, 2.05) is 0 Å². The van der Waals surface area contributed by atoms with Crippen LogP contribution < -0.4 is 10.2 Å². The lowest BCUT2D eigenvalue weighted by atomic mass is 10.1. The molecule has 1 atom stereocenters. The number of amides is 2. The maximum absolute atomic E-state index is 12.3. The quantitative estimate of drug-likeness (QED) is 0.911. The SMILES string of the molecule is O=C(Nc1cccc(Cl)c1)[C@@H]1CC(=O)N(c2ccc(Cl)cc2)C1. The van der Waals surface area contributed by atoms with Gasteiger partial charge in [-0.05, 0) is 42.5 Å². The van der Waals surface area contributed by atoms with Crippen LogP contribution in [0.25, 0.3) is 0 Å². The number of benzene rings is 2. The van der Waals surface area contributed by atoms with Gasteiger partial charge in [-0.25, -0.2) is 0 Å². The number of carbonyl (C=O) groups is 2. The van der Waals surface area contributed by atoms with Crippen LogP contribution in [0, 0.1) is 5.92 Å². The molecule has 0 aromatic heterocycles. The zero-order valence-electron chi connectivity index (χ0n) is 12.1. The van der Waals surface area contributed by atoms with Gasteiger partial charge in [0.25, 0.3) is 0 Å². The summed E-state index contributed by atoms with van der Waals surface area (Å²) in [6, 6.07) is 13.9.